The summed E-state index contributed by atoms with van der Waals surface area (Å²) in [5, 5.41) is 6.10. The molecule has 0 saturated carbocycles. The second-order valence-corrected chi connectivity index (χ2v) is 6.03. The maximum atomic E-state index is 11.7. The Kier molecular flexibility index (Phi) is 5.10. The number of H-pyrrole nitrogens is 1. The van der Waals surface area contributed by atoms with Crippen molar-refractivity contribution < 1.29 is 8.42 Å². The topological polar surface area (TPSA) is 78.1 Å². The highest BCUT2D eigenvalue weighted by Crippen LogP contribution is 2.04. The summed E-state index contributed by atoms with van der Waals surface area (Å²) < 4.78 is 25.9. The van der Waals surface area contributed by atoms with Gasteiger partial charge in [-0.3, -0.25) is 5.10 Å². The number of nitrogens with zero attached hydrogens (tertiary/aromatic N) is 2. The predicted octanol–water partition coefficient (Wildman–Crippen LogP) is 0.418. The van der Waals surface area contributed by atoms with E-state index in [1.807, 2.05) is 7.05 Å². The van der Waals surface area contributed by atoms with E-state index < -0.39 is 10.0 Å². The molecular formula is C10H20N4O2S. The molecule has 6 nitrogen and oxygen atoms in total. The van der Waals surface area contributed by atoms with Crippen molar-refractivity contribution >= 4 is 10.0 Å². The van der Waals surface area contributed by atoms with Crippen LogP contribution in [-0.4, -0.2) is 49.7 Å². The largest absolute Gasteiger partial charge is 0.304 e. The van der Waals surface area contributed by atoms with Crippen LogP contribution in [0.5, 0.6) is 0 Å². The third-order valence-corrected chi connectivity index (χ3v) is 4.07. The lowest BCUT2D eigenvalue weighted by molar-refractivity contribution is 0.271. The maximum Gasteiger partial charge on any atom is 0.243 e. The summed E-state index contributed by atoms with van der Waals surface area (Å²) in [6, 6.07) is 0.473. The van der Waals surface area contributed by atoms with Crippen LogP contribution >= 0.6 is 0 Å². The van der Waals surface area contributed by atoms with E-state index in [4.69, 9.17) is 0 Å². The molecule has 1 aromatic heterocycles. The summed E-state index contributed by atoms with van der Waals surface area (Å²) in [7, 11) is -1.37. The van der Waals surface area contributed by atoms with Crippen LogP contribution in [-0.2, 0) is 10.0 Å². The van der Waals surface area contributed by atoms with Gasteiger partial charge in [0.05, 0.1) is 6.20 Å². The van der Waals surface area contributed by atoms with Crippen molar-refractivity contribution in [3.63, 3.8) is 0 Å². The Morgan fingerprint density at radius 3 is 2.76 bits per heavy atom. The normalized spacial score (nSPS) is 12.5. The van der Waals surface area contributed by atoms with Gasteiger partial charge in [0, 0.05) is 18.8 Å². The molecule has 1 aromatic rings. The fourth-order valence-corrected chi connectivity index (χ4v) is 2.24. The highest BCUT2D eigenvalue weighted by molar-refractivity contribution is 7.89. The first-order valence-corrected chi connectivity index (χ1v) is 7.10. The van der Waals surface area contributed by atoms with Crippen molar-refractivity contribution in [2.45, 2.75) is 31.2 Å². The third kappa shape index (κ3) is 4.45. The number of hydrogen-bond acceptors (Lipinski definition) is 4. The summed E-state index contributed by atoms with van der Waals surface area (Å²) in [5.41, 5.74) is 0. The first-order valence-electron chi connectivity index (χ1n) is 5.62. The Bertz CT molecular complexity index is 414. The average Bonchev–Trinajstić information content (AvgIpc) is 2.77. The smallest absolute Gasteiger partial charge is 0.243 e. The zero-order chi connectivity index (χ0) is 12.9. The summed E-state index contributed by atoms with van der Waals surface area (Å²) in [6.07, 6.45) is 3.44. The van der Waals surface area contributed by atoms with Gasteiger partial charge in [-0.05, 0) is 33.9 Å². The maximum absolute atomic E-state index is 11.7. The zero-order valence-corrected chi connectivity index (χ0v) is 11.3. The Morgan fingerprint density at radius 2 is 2.24 bits per heavy atom. The van der Waals surface area contributed by atoms with Gasteiger partial charge < -0.3 is 4.90 Å². The molecule has 0 unspecified atom stereocenters. The van der Waals surface area contributed by atoms with E-state index >= 15 is 0 Å². The lowest BCUT2D eigenvalue weighted by atomic mass is 10.3. The molecule has 98 valence electrons. The molecule has 0 fully saturated rings. The minimum absolute atomic E-state index is 0.176. The summed E-state index contributed by atoms with van der Waals surface area (Å²) >= 11 is 0. The fourth-order valence-electron chi connectivity index (χ4n) is 1.26. The molecule has 7 heteroatoms. The van der Waals surface area contributed by atoms with Gasteiger partial charge >= 0.3 is 0 Å². The molecule has 17 heavy (non-hydrogen) atoms. The molecule has 0 atom stereocenters. The highest BCUT2D eigenvalue weighted by Gasteiger charge is 2.14. The van der Waals surface area contributed by atoms with E-state index in [1.54, 1.807) is 0 Å². The number of hydrogen-bond donors (Lipinski definition) is 2. The van der Waals surface area contributed by atoms with Gasteiger partial charge in [-0.1, -0.05) is 0 Å². The quantitative estimate of drug-likeness (QED) is 0.696. The Labute approximate surface area is 102 Å². The zero-order valence-electron chi connectivity index (χ0n) is 10.5. The molecule has 1 rings (SSSR count). The van der Waals surface area contributed by atoms with E-state index in [0.717, 1.165) is 13.0 Å². The van der Waals surface area contributed by atoms with E-state index in [1.165, 1.54) is 12.4 Å². The molecule has 0 spiro atoms. The highest BCUT2D eigenvalue weighted by atomic mass is 32.2. The number of rotatable bonds is 7. The summed E-state index contributed by atoms with van der Waals surface area (Å²) in [4.78, 5) is 2.35. The van der Waals surface area contributed by atoms with E-state index in [9.17, 15) is 8.42 Å². The number of aromatic amines is 1. The van der Waals surface area contributed by atoms with Crippen molar-refractivity contribution in [2.24, 2.45) is 0 Å². The second-order valence-electron chi connectivity index (χ2n) is 4.26. The van der Waals surface area contributed by atoms with Gasteiger partial charge in [0.2, 0.25) is 10.0 Å². The standard InChI is InChI=1S/C10H20N4O2S/c1-9(2)14(3)6-4-5-13-17(15,16)10-7-11-12-8-10/h7-9,13H,4-6H2,1-3H3,(H,11,12). The molecule has 0 aliphatic carbocycles. The van der Waals surface area contributed by atoms with Crippen molar-refractivity contribution in [1.82, 2.24) is 19.8 Å². The molecule has 0 saturated heterocycles. The molecular weight excluding hydrogens is 240 g/mol. The van der Waals surface area contributed by atoms with Gasteiger partial charge in [0.15, 0.2) is 0 Å². The van der Waals surface area contributed by atoms with Gasteiger partial charge in [0.25, 0.3) is 0 Å². The van der Waals surface area contributed by atoms with Crippen molar-refractivity contribution in [2.75, 3.05) is 20.1 Å². The Balaban J connectivity index is 2.32. The summed E-state index contributed by atoms with van der Waals surface area (Å²) in [6.45, 7) is 5.52. The molecule has 0 amide bonds. The number of sulfonamides is 1. The van der Waals surface area contributed by atoms with Crippen LogP contribution < -0.4 is 4.72 Å². The monoisotopic (exact) mass is 260 g/mol. The van der Waals surface area contributed by atoms with Crippen LogP contribution in [0.3, 0.4) is 0 Å². The molecule has 0 aliphatic rings. The summed E-state index contributed by atoms with van der Waals surface area (Å²) in [5.74, 6) is 0. The fraction of sp³-hybridized carbons (Fsp3) is 0.700. The van der Waals surface area contributed by atoms with Crippen molar-refractivity contribution in [3.8, 4) is 0 Å². The Hall–Kier alpha value is -0.920. The first-order chi connectivity index (χ1) is 7.93. The minimum Gasteiger partial charge on any atom is -0.304 e. The minimum atomic E-state index is -3.40. The molecule has 0 aromatic carbocycles. The SMILES string of the molecule is CC(C)N(C)CCCNS(=O)(=O)c1cn[nH]c1. The van der Waals surface area contributed by atoms with Crippen LogP contribution in [0.25, 0.3) is 0 Å². The van der Waals surface area contributed by atoms with E-state index in [0.29, 0.717) is 12.6 Å². The van der Waals surface area contributed by atoms with E-state index in [-0.39, 0.29) is 4.90 Å². The van der Waals surface area contributed by atoms with Crippen molar-refractivity contribution in [3.05, 3.63) is 12.4 Å². The van der Waals surface area contributed by atoms with Gasteiger partial charge in [0.1, 0.15) is 4.90 Å². The second kappa shape index (κ2) is 6.13. The molecule has 0 bridgehead atoms. The number of aromatic nitrogens is 2. The van der Waals surface area contributed by atoms with Crippen LogP contribution in [0.4, 0.5) is 0 Å². The van der Waals surface area contributed by atoms with Crippen LogP contribution in [0.2, 0.25) is 0 Å². The van der Waals surface area contributed by atoms with Crippen LogP contribution in [0.15, 0.2) is 17.3 Å². The average molecular weight is 260 g/mol. The van der Waals surface area contributed by atoms with Crippen LogP contribution in [0.1, 0.15) is 20.3 Å². The molecule has 2 N–H and O–H groups in total. The van der Waals surface area contributed by atoms with Gasteiger partial charge in [-0.25, -0.2) is 13.1 Å². The predicted molar refractivity (Wildman–Crippen MR) is 66.2 cm³/mol. The molecule has 0 aliphatic heterocycles. The van der Waals surface area contributed by atoms with Gasteiger partial charge in [-0.15, -0.1) is 0 Å². The number of nitrogens with one attached hydrogen (secondary N) is 2. The molecule has 1 heterocycles. The van der Waals surface area contributed by atoms with Crippen molar-refractivity contribution in [1.29, 1.82) is 0 Å². The lowest BCUT2D eigenvalue weighted by Crippen LogP contribution is -2.31. The Morgan fingerprint density at radius 1 is 1.53 bits per heavy atom. The first kappa shape index (κ1) is 14.1. The molecule has 0 radical (unpaired) electrons. The lowest BCUT2D eigenvalue weighted by Gasteiger charge is -2.20. The third-order valence-electron chi connectivity index (χ3n) is 2.64. The van der Waals surface area contributed by atoms with Crippen LogP contribution in [0, 0.1) is 0 Å². The van der Waals surface area contributed by atoms with E-state index in [2.05, 4.69) is 33.7 Å². The van der Waals surface area contributed by atoms with Gasteiger partial charge in [-0.2, -0.15) is 5.10 Å².